The van der Waals surface area contributed by atoms with Crippen LogP contribution in [0.25, 0.3) is 0 Å². The number of nitrogens with two attached hydrogens (primary N) is 1. The number of hydrogen-bond donors (Lipinski definition) is 2. The van der Waals surface area contributed by atoms with Gasteiger partial charge in [-0.15, -0.1) is 22.0 Å². The quantitative estimate of drug-likeness (QED) is 0.189. The summed E-state index contributed by atoms with van der Waals surface area (Å²) in [6.07, 6.45) is -0.660. The van der Waals surface area contributed by atoms with E-state index < -0.39 is 18.1 Å². The zero-order valence-electron chi connectivity index (χ0n) is 20.6. The highest BCUT2D eigenvalue weighted by Gasteiger charge is 2.53. The highest BCUT2D eigenvalue weighted by atomic mass is 32.2. The first-order valence-electron chi connectivity index (χ1n) is 12.3. The van der Waals surface area contributed by atoms with E-state index in [1.807, 2.05) is 91.0 Å². The number of fused-ring (bicyclic) bond motifs is 1. The van der Waals surface area contributed by atoms with Gasteiger partial charge >= 0.3 is 5.97 Å². The van der Waals surface area contributed by atoms with E-state index in [-0.39, 0.29) is 22.2 Å². The van der Waals surface area contributed by atoms with Gasteiger partial charge in [0.1, 0.15) is 17.1 Å². The van der Waals surface area contributed by atoms with E-state index in [0.717, 1.165) is 22.3 Å². The molecule has 6 rings (SSSR count). The van der Waals surface area contributed by atoms with E-state index in [0.29, 0.717) is 10.9 Å². The number of thioether (sulfide) groups is 2. The van der Waals surface area contributed by atoms with Gasteiger partial charge in [-0.2, -0.15) is 5.21 Å². The Kier molecular flexibility index (Phi) is 7.18. The number of aromatic amines is 1. The van der Waals surface area contributed by atoms with Gasteiger partial charge in [-0.3, -0.25) is 9.69 Å². The van der Waals surface area contributed by atoms with Crippen molar-refractivity contribution in [3.8, 4) is 0 Å². The third-order valence-corrected chi connectivity index (χ3v) is 9.13. The summed E-state index contributed by atoms with van der Waals surface area (Å²) in [5, 5.41) is 14.1. The first kappa shape index (κ1) is 25.4. The number of benzene rings is 3. The fourth-order valence-corrected chi connectivity index (χ4v) is 7.22. The Morgan fingerprint density at radius 2 is 1.56 bits per heavy atom. The van der Waals surface area contributed by atoms with Crippen molar-refractivity contribution < 1.29 is 14.3 Å². The van der Waals surface area contributed by atoms with Crippen molar-refractivity contribution in [3.63, 3.8) is 0 Å². The van der Waals surface area contributed by atoms with E-state index in [2.05, 4.69) is 20.6 Å². The molecule has 9 nitrogen and oxygen atoms in total. The number of amides is 1. The fraction of sp³-hybridized carbons (Fsp3) is 0.179. The Morgan fingerprint density at radius 1 is 0.974 bits per heavy atom. The number of esters is 1. The van der Waals surface area contributed by atoms with Gasteiger partial charge in [0.25, 0.3) is 0 Å². The van der Waals surface area contributed by atoms with Crippen LogP contribution in [0, 0.1) is 0 Å². The maximum absolute atomic E-state index is 14.2. The maximum atomic E-state index is 14.2. The van der Waals surface area contributed by atoms with E-state index in [4.69, 9.17) is 10.5 Å². The summed E-state index contributed by atoms with van der Waals surface area (Å²) in [6.45, 7) is 0. The average Bonchev–Trinajstić information content (AvgIpc) is 3.52. The van der Waals surface area contributed by atoms with Gasteiger partial charge in [-0.25, -0.2) is 4.79 Å². The van der Waals surface area contributed by atoms with Gasteiger partial charge < -0.3 is 10.5 Å². The monoisotopic (exact) mass is 556 g/mol. The fourth-order valence-electron chi connectivity index (χ4n) is 4.75. The molecular formula is C28H24N6O3S2. The predicted octanol–water partition coefficient (Wildman–Crippen LogP) is 3.86. The lowest BCUT2D eigenvalue weighted by atomic mass is 9.98. The largest absolute Gasteiger partial charge is 0.448 e. The second kappa shape index (κ2) is 11.0. The summed E-state index contributed by atoms with van der Waals surface area (Å²) >= 11 is 2.89. The van der Waals surface area contributed by atoms with Gasteiger partial charge in [-0.1, -0.05) is 103 Å². The number of nitrogens with one attached hydrogen (secondary N) is 1. The Morgan fingerprint density at radius 3 is 2.13 bits per heavy atom. The van der Waals surface area contributed by atoms with Crippen LogP contribution in [0.2, 0.25) is 0 Å². The van der Waals surface area contributed by atoms with Crippen molar-refractivity contribution >= 4 is 35.4 Å². The van der Waals surface area contributed by atoms with Crippen LogP contribution in [0.1, 0.15) is 28.0 Å². The highest BCUT2D eigenvalue weighted by Crippen LogP contribution is 2.49. The summed E-state index contributed by atoms with van der Waals surface area (Å²) in [7, 11) is 0. The number of β-lactam (4-membered cyclic amide) rings is 1. The van der Waals surface area contributed by atoms with Crippen molar-refractivity contribution in [1.29, 1.82) is 0 Å². The maximum Gasteiger partial charge on any atom is 0.356 e. The molecule has 2 aliphatic rings. The smallest absolute Gasteiger partial charge is 0.356 e. The number of aromatic nitrogens is 4. The lowest BCUT2D eigenvalue weighted by Crippen LogP contribution is -2.68. The van der Waals surface area contributed by atoms with Crippen molar-refractivity contribution in [2.75, 3.05) is 5.75 Å². The first-order valence-corrected chi connectivity index (χ1v) is 14.2. The Balaban J connectivity index is 1.45. The SMILES string of the molecule is N[C@@H]1C(=O)N2C(C(=O)OC(c3ccccc3)c3ccccc3)=C(C(Sc3nn[nH]n3)c3ccccc3)CS[C@@H]12. The summed E-state index contributed by atoms with van der Waals surface area (Å²) in [6, 6.07) is 28.2. The van der Waals surface area contributed by atoms with Gasteiger partial charge in [0, 0.05) is 5.75 Å². The number of carbonyl (C=O) groups excluding carboxylic acids is 2. The molecule has 3 heterocycles. The van der Waals surface area contributed by atoms with Crippen molar-refractivity contribution in [2.45, 2.75) is 27.9 Å². The first-order chi connectivity index (χ1) is 19.1. The van der Waals surface area contributed by atoms with Crippen LogP contribution in [-0.4, -0.2) is 54.6 Å². The second-order valence-electron chi connectivity index (χ2n) is 9.02. The van der Waals surface area contributed by atoms with E-state index in [9.17, 15) is 9.59 Å². The molecule has 1 amide bonds. The molecule has 2 aliphatic heterocycles. The molecule has 1 fully saturated rings. The molecule has 3 atom stereocenters. The molecule has 11 heteroatoms. The van der Waals surface area contributed by atoms with E-state index in [1.54, 1.807) is 0 Å². The predicted molar refractivity (Wildman–Crippen MR) is 148 cm³/mol. The zero-order chi connectivity index (χ0) is 26.8. The van der Waals surface area contributed by atoms with Crippen LogP contribution >= 0.6 is 23.5 Å². The molecule has 0 saturated carbocycles. The Bertz CT molecular complexity index is 1450. The van der Waals surface area contributed by atoms with Gasteiger partial charge in [0.15, 0.2) is 6.10 Å². The van der Waals surface area contributed by atoms with E-state index >= 15 is 0 Å². The van der Waals surface area contributed by atoms with E-state index in [1.165, 1.54) is 28.4 Å². The molecule has 196 valence electrons. The topological polar surface area (TPSA) is 127 Å². The number of carbonyl (C=O) groups is 2. The van der Waals surface area contributed by atoms with Gasteiger partial charge in [0.05, 0.1) is 5.25 Å². The van der Waals surface area contributed by atoms with Crippen LogP contribution in [0.5, 0.6) is 0 Å². The lowest BCUT2D eigenvalue weighted by molar-refractivity contribution is -0.153. The molecule has 0 aliphatic carbocycles. The highest BCUT2D eigenvalue weighted by molar-refractivity contribution is 8.01. The van der Waals surface area contributed by atoms with Crippen molar-refractivity contribution in [2.24, 2.45) is 5.73 Å². The minimum absolute atomic E-state index is 0.229. The molecule has 1 aromatic heterocycles. The van der Waals surface area contributed by atoms with Crippen LogP contribution in [-0.2, 0) is 14.3 Å². The third-order valence-electron chi connectivity index (χ3n) is 6.63. The van der Waals surface area contributed by atoms with Crippen LogP contribution in [0.4, 0.5) is 0 Å². The summed E-state index contributed by atoms with van der Waals surface area (Å²) < 4.78 is 6.25. The summed E-state index contributed by atoms with van der Waals surface area (Å²) in [4.78, 5) is 28.7. The number of H-pyrrole nitrogens is 1. The molecule has 39 heavy (non-hydrogen) atoms. The Hall–Kier alpha value is -3.93. The molecule has 4 aromatic rings. The van der Waals surface area contributed by atoms with Crippen molar-refractivity contribution in [1.82, 2.24) is 25.5 Å². The van der Waals surface area contributed by atoms with Crippen molar-refractivity contribution in [3.05, 3.63) is 119 Å². The lowest BCUT2D eigenvalue weighted by Gasteiger charge is -2.49. The molecule has 0 radical (unpaired) electrons. The summed E-state index contributed by atoms with van der Waals surface area (Å²) in [5.74, 6) is -0.398. The second-order valence-corrected chi connectivity index (χ2v) is 11.2. The average molecular weight is 557 g/mol. The standard InChI is InChI=1S/C28H24N6O3S2/c29-21-25(35)34-22(27(36)37-23(17-10-4-1-5-11-17)18-12-6-2-7-13-18)20(16-38-26(21)34)24(19-14-8-3-9-15-19)39-28-30-32-33-31-28/h1-15,21,23-24,26H,16,29H2,(H,30,31,32,33)/t21-,24?,26+/m1/s1. The third kappa shape index (κ3) is 4.96. The Labute approximate surface area is 233 Å². The molecule has 1 saturated heterocycles. The normalized spacial score (nSPS) is 19.4. The van der Waals surface area contributed by atoms with Gasteiger partial charge in [-0.05, 0) is 27.5 Å². The molecule has 1 unspecified atom stereocenters. The molecular weight excluding hydrogens is 532 g/mol. The number of nitrogens with zero attached hydrogens (tertiary/aromatic N) is 4. The minimum Gasteiger partial charge on any atom is -0.448 e. The zero-order valence-corrected chi connectivity index (χ0v) is 22.2. The molecule has 0 bridgehead atoms. The number of tetrazole rings is 1. The van der Waals surface area contributed by atoms with Crippen LogP contribution < -0.4 is 5.73 Å². The van der Waals surface area contributed by atoms with Gasteiger partial charge in [0.2, 0.25) is 11.1 Å². The molecule has 0 spiro atoms. The number of hydrogen-bond acceptors (Lipinski definition) is 9. The van der Waals surface area contributed by atoms with Crippen LogP contribution in [0.3, 0.4) is 0 Å². The molecule has 3 aromatic carbocycles. The minimum atomic E-state index is -0.668. The molecule has 3 N–H and O–H groups in total. The number of ether oxygens (including phenoxy) is 1. The number of rotatable bonds is 8. The summed E-state index contributed by atoms with van der Waals surface area (Å²) in [5.41, 5.74) is 9.70. The van der Waals surface area contributed by atoms with Crippen LogP contribution in [0.15, 0.2) is 107 Å².